The molecule has 4 nitrogen and oxygen atoms in total. The highest BCUT2D eigenvalue weighted by molar-refractivity contribution is 5.87. The predicted molar refractivity (Wildman–Crippen MR) is 79.1 cm³/mol. The van der Waals surface area contributed by atoms with E-state index in [-0.39, 0.29) is 17.9 Å². The zero-order chi connectivity index (χ0) is 14.4. The summed E-state index contributed by atoms with van der Waals surface area (Å²) in [4.78, 5) is 25.3. The Labute approximate surface area is 121 Å². The molecule has 20 heavy (non-hydrogen) atoms. The molecule has 1 saturated heterocycles. The van der Waals surface area contributed by atoms with E-state index in [2.05, 4.69) is 11.9 Å². The first-order chi connectivity index (χ1) is 9.69. The molecule has 2 fully saturated rings. The van der Waals surface area contributed by atoms with Gasteiger partial charge in [0.2, 0.25) is 11.8 Å². The molecule has 0 radical (unpaired) electrons. The van der Waals surface area contributed by atoms with Crippen LogP contribution in [0.15, 0.2) is 12.7 Å². The first kappa shape index (κ1) is 15.1. The number of rotatable bonds is 4. The maximum Gasteiger partial charge on any atom is 0.245 e. The number of piperidine rings is 1. The van der Waals surface area contributed by atoms with E-state index in [1.807, 2.05) is 0 Å². The second-order valence-corrected chi connectivity index (χ2v) is 6.08. The van der Waals surface area contributed by atoms with Gasteiger partial charge in [-0.05, 0) is 37.7 Å². The van der Waals surface area contributed by atoms with Crippen LogP contribution in [0.25, 0.3) is 0 Å². The maximum atomic E-state index is 12.0. The second kappa shape index (κ2) is 7.46. The van der Waals surface area contributed by atoms with E-state index in [4.69, 9.17) is 0 Å². The van der Waals surface area contributed by atoms with Gasteiger partial charge in [0.25, 0.3) is 0 Å². The molecule has 4 heteroatoms. The minimum Gasteiger partial charge on any atom is -0.353 e. The minimum absolute atomic E-state index is 0.00279. The molecule has 2 amide bonds. The van der Waals surface area contributed by atoms with Gasteiger partial charge in [0.1, 0.15) is 0 Å². The van der Waals surface area contributed by atoms with Crippen LogP contribution in [0.1, 0.15) is 51.4 Å². The predicted octanol–water partition coefficient (Wildman–Crippen LogP) is 2.25. The van der Waals surface area contributed by atoms with Gasteiger partial charge in [0, 0.05) is 25.6 Å². The summed E-state index contributed by atoms with van der Waals surface area (Å²) in [6.07, 6.45) is 10.1. The molecule has 0 aromatic carbocycles. The van der Waals surface area contributed by atoms with Crippen LogP contribution in [0, 0.1) is 5.92 Å². The van der Waals surface area contributed by atoms with Gasteiger partial charge in [-0.1, -0.05) is 25.8 Å². The fourth-order valence-corrected chi connectivity index (χ4v) is 3.31. The third-order valence-electron chi connectivity index (χ3n) is 4.55. The molecule has 1 saturated carbocycles. The van der Waals surface area contributed by atoms with E-state index in [0.717, 1.165) is 25.9 Å². The summed E-state index contributed by atoms with van der Waals surface area (Å²) in [6, 6.07) is 0.236. The van der Waals surface area contributed by atoms with Crippen LogP contribution in [-0.2, 0) is 9.59 Å². The first-order valence-corrected chi connectivity index (χ1v) is 7.89. The highest BCUT2D eigenvalue weighted by Crippen LogP contribution is 2.26. The van der Waals surface area contributed by atoms with E-state index >= 15 is 0 Å². The van der Waals surface area contributed by atoms with Crippen molar-refractivity contribution in [2.24, 2.45) is 5.92 Å². The van der Waals surface area contributed by atoms with Gasteiger partial charge >= 0.3 is 0 Å². The molecule has 2 aliphatic rings. The van der Waals surface area contributed by atoms with Gasteiger partial charge < -0.3 is 10.2 Å². The Hall–Kier alpha value is -1.32. The Morgan fingerprint density at radius 2 is 1.75 bits per heavy atom. The molecule has 0 aromatic rings. The van der Waals surface area contributed by atoms with Gasteiger partial charge in [0.05, 0.1) is 0 Å². The summed E-state index contributed by atoms with van der Waals surface area (Å²) in [5.74, 6) is 0.786. The molecule has 1 N–H and O–H groups in total. The van der Waals surface area contributed by atoms with Gasteiger partial charge in [0.15, 0.2) is 0 Å². The zero-order valence-electron chi connectivity index (χ0n) is 12.3. The fourth-order valence-electron chi connectivity index (χ4n) is 3.31. The number of hydrogen-bond acceptors (Lipinski definition) is 2. The lowest BCUT2D eigenvalue weighted by molar-refractivity contribution is -0.127. The minimum atomic E-state index is -0.00279. The summed E-state index contributed by atoms with van der Waals surface area (Å²) in [5, 5.41) is 3.14. The monoisotopic (exact) mass is 278 g/mol. The molecule has 0 atom stereocenters. The van der Waals surface area contributed by atoms with Crippen molar-refractivity contribution in [3.63, 3.8) is 0 Å². The number of carbonyl (C=O) groups excluding carboxylic acids is 2. The summed E-state index contributed by atoms with van der Waals surface area (Å²) in [7, 11) is 0. The molecular weight excluding hydrogens is 252 g/mol. The van der Waals surface area contributed by atoms with Crippen LogP contribution in [-0.4, -0.2) is 35.8 Å². The van der Waals surface area contributed by atoms with Crippen molar-refractivity contribution < 1.29 is 9.59 Å². The van der Waals surface area contributed by atoms with Crippen LogP contribution in [0.4, 0.5) is 0 Å². The second-order valence-electron chi connectivity index (χ2n) is 6.08. The highest BCUT2D eigenvalue weighted by atomic mass is 16.2. The van der Waals surface area contributed by atoms with Gasteiger partial charge in [-0.25, -0.2) is 0 Å². The average molecular weight is 278 g/mol. The van der Waals surface area contributed by atoms with E-state index < -0.39 is 0 Å². The van der Waals surface area contributed by atoms with E-state index in [1.165, 1.54) is 38.2 Å². The van der Waals surface area contributed by atoms with Crippen LogP contribution >= 0.6 is 0 Å². The van der Waals surface area contributed by atoms with Crippen molar-refractivity contribution in [2.45, 2.75) is 57.4 Å². The van der Waals surface area contributed by atoms with Crippen molar-refractivity contribution in [1.82, 2.24) is 10.2 Å². The SMILES string of the molecule is C=CC(=O)N1CCC(NC(=O)CC2CCCCC2)CC1. The molecule has 0 spiro atoms. The van der Waals surface area contributed by atoms with E-state index in [0.29, 0.717) is 12.3 Å². The van der Waals surface area contributed by atoms with Crippen LogP contribution in [0.2, 0.25) is 0 Å². The normalized spacial score (nSPS) is 21.5. The Morgan fingerprint density at radius 3 is 2.35 bits per heavy atom. The number of nitrogens with zero attached hydrogens (tertiary/aromatic N) is 1. The van der Waals surface area contributed by atoms with Crippen molar-refractivity contribution in [1.29, 1.82) is 0 Å². The summed E-state index contributed by atoms with van der Waals surface area (Å²) >= 11 is 0. The quantitative estimate of drug-likeness (QED) is 0.802. The van der Waals surface area contributed by atoms with Crippen molar-refractivity contribution >= 4 is 11.8 Å². The average Bonchev–Trinajstić information content (AvgIpc) is 2.48. The third kappa shape index (κ3) is 4.36. The lowest BCUT2D eigenvalue weighted by Crippen LogP contribution is -2.46. The van der Waals surface area contributed by atoms with Crippen molar-refractivity contribution in [3.05, 3.63) is 12.7 Å². The zero-order valence-corrected chi connectivity index (χ0v) is 12.3. The number of amides is 2. The Morgan fingerprint density at radius 1 is 1.10 bits per heavy atom. The molecule has 1 heterocycles. The number of likely N-dealkylation sites (tertiary alicyclic amines) is 1. The van der Waals surface area contributed by atoms with Crippen molar-refractivity contribution in [2.75, 3.05) is 13.1 Å². The lowest BCUT2D eigenvalue weighted by atomic mass is 9.86. The molecule has 1 aliphatic heterocycles. The van der Waals surface area contributed by atoms with Crippen molar-refractivity contribution in [3.8, 4) is 0 Å². The van der Waals surface area contributed by atoms with Gasteiger partial charge in [-0.15, -0.1) is 0 Å². The maximum absolute atomic E-state index is 12.0. The highest BCUT2D eigenvalue weighted by Gasteiger charge is 2.24. The molecule has 0 unspecified atom stereocenters. The van der Waals surface area contributed by atoms with Crippen LogP contribution in [0.5, 0.6) is 0 Å². The third-order valence-corrected chi connectivity index (χ3v) is 4.55. The molecule has 0 bridgehead atoms. The summed E-state index contributed by atoms with van der Waals surface area (Å²) in [5.41, 5.74) is 0. The molecule has 112 valence electrons. The number of carbonyl (C=O) groups is 2. The Bertz CT molecular complexity index is 353. The standard InChI is InChI=1S/C16H26N2O2/c1-2-16(20)18-10-8-14(9-11-18)17-15(19)12-13-6-4-3-5-7-13/h2,13-14H,1,3-12H2,(H,17,19). The Balaban J connectivity index is 1.68. The smallest absolute Gasteiger partial charge is 0.245 e. The molecule has 1 aliphatic carbocycles. The van der Waals surface area contributed by atoms with Gasteiger partial charge in [-0.2, -0.15) is 0 Å². The molecule has 2 rings (SSSR count). The molecular formula is C16H26N2O2. The van der Waals surface area contributed by atoms with Crippen LogP contribution in [0.3, 0.4) is 0 Å². The summed E-state index contributed by atoms with van der Waals surface area (Å²) < 4.78 is 0. The topological polar surface area (TPSA) is 49.4 Å². The largest absolute Gasteiger partial charge is 0.353 e. The number of nitrogens with one attached hydrogen (secondary N) is 1. The van der Waals surface area contributed by atoms with Gasteiger partial charge in [-0.3, -0.25) is 9.59 Å². The van der Waals surface area contributed by atoms with E-state index in [1.54, 1.807) is 4.90 Å². The Kier molecular flexibility index (Phi) is 5.62. The number of hydrogen-bond donors (Lipinski definition) is 1. The first-order valence-electron chi connectivity index (χ1n) is 7.89. The lowest BCUT2D eigenvalue weighted by Gasteiger charge is -2.32. The summed E-state index contributed by atoms with van der Waals surface area (Å²) in [6.45, 7) is 4.95. The fraction of sp³-hybridized carbons (Fsp3) is 0.750. The molecule has 0 aromatic heterocycles. The van der Waals surface area contributed by atoms with E-state index in [9.17, 15) is 9.59 Å². The van der Waals surface area contributed by atoms with Crippen LogP contribution < -0.4 is 5.32 Å².